The molecule has 1 heterocycles. The minimum Gasteiger partial charge on any atom is -0.478 e. The van der Waals surface area contributed by atoms with E-state index in [0.29, 0.717) is 11.7 Å². The van der Waals surface area contributed by atoms with Crippen LogP contribution in [0.5, 0.6) is 0 Å². The fourth-order valence-electron chi connectivity index (χ4n) is 3.35. The highest BCUT2D eigenvalue weighted by Gasteiger charge is 2.31. The summed E-state index contributed by atoms with van der Waals surface area (Å²) in [5.74, 6) is -1.30. The maximum atomic E-state index is 13.1. The fourth-order valence-corrected chi connectivity index (χ4v) is 4.29. The first kappa shape index (κ1) is 17.4. The van der Waals surface area contributed by atoms with E-state index in [1.807, 2.05) is 11.8 Å². The normalized spacial score (nSPS) is 16.3. The number of aryl methyl sites for hydroxylation is 1. The van der Waals surface area contributed by atoms with E-state index in [1.54, 1.807) is 18.2 Å². The summed E-state index contributed by atoms with van der Waals surface area (Å²) in [6.45, 7) is 2.61. The van der Waals surface area contributed by atoms with Gasteiger partial charge in [0.25, 0.3) is 5.91 Å². The molecule has 0 spiro atoms. The molecule has 1 aliphatic carbocycles. The molecule has 0 aliphatic heterocycles. The van der Waals surface area contributed by atoms with Crippen LogP contribution in [0, 0.1) is 0 Å². The first-order chi connectivity index (χ1) is 12.0. The van der Waals surface area contributed by atoms with Crippen molar-refractivity contribution in [3.05, 3.63) is 46.0 Å². The molecule has 2 aromatic rings. The number of carboxylic acids is 1. The lowest BCUT2D eigenvalue weighted by atomic mass is 9.95. The van der Waals surface area contributed by atoms with Crippen molar-refractivity contribution in [2.75, 3.05) is 12.3 Å². The van der Waals surface area contributed by atoms with Gasteiger partial charge in [0, 0.05) is 23.9 Å². The zero-order valence-corrected chi connectivity index (χ0v) is 14.9. The Morgan fingerprint density at radius 2 is 2.08 bits per heavy atom. The van der Waals surface area contributed by atoms with Crippen molar-refractivity contribution in [2.45, 2.75) is 38.6 Å². The lowest BCUT2D eigenvalue weighted by Crippen LogP contribution is -2.44. The summed E-state index contributed by atoms with van der Waals surface area (Å²) in [7, 11) is 0. The van der Waals surface area contributed by atoms with Gasteiger partial charge < -0.3 is 15.7 Å². The SMILES string of the molecule is CCCN(C(=O)c1ccccc1C(=O)O)[C@H]1CCc2nc(N)sc2C1. The Morgan fingerprint density at radius 1 is 1.36 bits per heavy atom. The maximum absolute atomic E-state index is 13.1. The first-order valence-corrected chi connectivity index (χ1v) is 9.20. The quantitative estimate of drug-likeness (QED) is 0.856. The van der Waals surface area contributed by atoms with Gasteiger partial charge in [-0.15, -0.1) is 11.3 Å². The Morgan fingerprint density at radius 3 is 2.76 bits per heavy atom. The molecule has 1 aromatic heterocycles. The van der Waals surface area contributed by atoms with E-state index in [0.717, 1.165) is 36.3 Å². The van der Waals surface area contributed by atoms with Gasteiger partial charge in [-0.2, -0.15) is 0 Å². The van der Waals surface area contributed by atoms with Gasteiger partial charge in [-0.1, -0.05) is 19.1 Å². The Labute approximate surface area is 150 Å². The van der Waals surface area contributed by atoms with E-state index >= 15 is 0 Å². The summed E-state index contributed by atoms with van der Waals surface area (Å²) < 4.78 is 0. The Kier molecular flexibility index (Phi) is 5.03. The number of fused-ring (bicyclic) bond motifs is 1. The van der Waals surface area contributed by atoms with E-state index in [9.17, 15) is 14.7 Å². The highest BCUT2D eigenvalue weighted by Crippen LogP contribution is 2.31. The second kappa shape index (κ2) is 7.23. The summed E-state index contributed by atoms with van der Waals surface area (Å²) in [4.78, 5) is 31.9. The molecule has 7 heteroatoms. The van der Waals surface area contributed by atoms with Crippen LogP contribution in [0.15, 0.2) is 24.3 Å². The number of nitrogen functional groups attached to an aromatic ring is 1. The van der Waals surface area contributed by atoms with Gasteiger partial charge in [-0.05, 0) is 31.4 Å². The molecule has 0 bridgehead atoms. The van der Waals surface area contributed by atoms with Crippen LogP contribution < -0.4 is 5.73 Å². The van der Waals surface area contributed by atoms with Crippen LogP contribution in [-0.4, -0.2) is 39.5 Å². The van der Waals surface area contributed by atoms with Crippen LogP contribution in [0.2, 0.25) is 0 Å². The molecule has 1 atom stereocenters. The number of carbonyl (C=O) groups is 2. The Hall–Kier alpha value is -2.41. The van der Waals surface area contributed by atoms with Gasteiger partial charge >= 0.3 is 5.97 Å². The van der Waals surface area contributed by atoms with E-state index < -0.39 is 5.97 Å². The molecule has 0 saturated carbocycles. The number of hydrogen-bond donors (Lipinski definition) is 2. The molecule has 0 saturated heterocycles. The van der Waals surface area contributed by atoms with Crippen LogP contribution in [0.25, 0.3) is 0 Å². The number of carbonyl (C=O) groups excluding carboxylic acids is 1. The number of rotatable bonds is 5. The van der Waals surface area contributed by atoms with E-state index in [-0.39, 0.29) is 23.1 Å². The van der Waals surface area contributed by atoms with E-state index in [4.69, 9.17) is 5.73 Å². The summed E-state index contributed by atoms with van der Waals surface area (Å²) in [5.41, 5.74) is 7.14. The van der Waals surface area contributed by atoms with Crippen LogP contribution in [0.4, 0.5) is 5.13 Å². The minimum atomic E-state index is -1.08. The Balaban J connectivity index is 1.89. The van der Waals surface area contributed by atoms with Crippen LogP contribution >= 0.6 is 11.3 Å². The average Bonchev–Trinajstić information content (AvgIpc) is 2.98. The van der Waals surface area contributed by atoms with E-state index in [2.05, 4.69) is 4.98 Å². The zero-order chi connectivity index (χ0) is 18.0. The summed E-state index contributed by atoms with van der Waals surface area (Å²) in [5, 5.41) is 9.94. The molecule has 1 aliphatic rings. The molecule has 25 heavy (non-hydrogen) atoms. The van der Waals surface area contributed by atoms with Crippen molar-refractivity contribution in [3.63, 3.8) is 0 Å². The highest BCUT2D eigenvalue weighted by atomic mass is 32.1. The van der Waals surface area contributed by atoms with Crippen molar-refractivity contribution in [3.8, 4) is 0 Å². The van der Waals surface area contributed by atoms with Crippen molar-refractivity contribution < 1.29 is 14.7 Å². The largest absolute Gasteiger partial charge is 0.478 e. The van der Waals surface area contributed by atoms with Gasteiger partial charge in [-0.25, -0.2) is 9.78 Å². The molecule has 0 fully saturated rings. The maximum Gasteiger partial charge on any atom is 0.336 e. The lowest BCUT2D eigenvalue weighted by Gasteiger charge is -2.34. The van der Waals surface area contributed by atoms with Crippen LogP contribution in [0.3, 0.4) is 0 Å². The van der Waals surface area contributed by atoms with Crippen molar-refractivity contribution in [2.24, 2.45) is 0 Å². The van der Waals surface area contributed by atoms with E-state index in [1.165, 1.54) is 17.4 Å². The number of nitrogens with zero attached hydrogens (tertiary/aromatic N) is 2. The third-order valence-electron chi connectivity index (χ3n) is 4.48. The number of anilines is 1. The van der Waals surface area contributed by atoms with Crippen molar-refractivity contribution in [1.29, 1.82) is 0 Å². The molecular weight excluding hydrogens is 338 g/mol. The number of carboxylic acid groups (broad SMARTS) is 1. The standard InChI is InChI=1S/C18H21N3O3S/c1-2-9-21(11-7-8-14-15(10-11)25-18(19)20-14)16(22)12-5-3-4-6-13(12)17(23)24/h3-6,11H,2,7-10H2,1H3,(H2,19,20)(H,23,24)/t11-/m0/s1. The lowest BCUT2D eigenvalue weighted by molar-refractivity contribution is 0.0633. The summed E-state index contributed by atoms with van der Waals surface area (Å²) >= 11 is 1.48. The van der Waals surface area contributed by atoms with Gasteiger partial charge in [0.2, 0.25) is 0 Å². The molecule has 1 amide bonds. The summed E-state index contributed by atoms with van der Waals surface area (Å²) in [6, 6.07) is 6.45. The van der Waals surface area contributed by atoms with Gasteiger partial charge in [0.15, 0.2) is 5.13 Å². The number of thiazole rings is 1. The first-order valence-electron chi connectivity index (χ1n) is 8.38. The molecule has 1 aromatic carbocycles. The number of benzene rings is 1. The number of amides is 1. The molecule has 0 unspecified atom stereocenters. The number of hydrogen-bond acceptors (Lipinski definition) is 5. The topological polar surface area (TPSA) is 96.5 Å². The number of aromatic nitrogens is 1. The molecule has 6 nitrogen and oxygen atoms in total. The predicted molar refractivity (Wildman–Crippen MR) is 97.1 cm³/mol. The van der Waals surface area contributed by atoms with Gasteiger partial charge in [-0.3, -0.25) is 4.79 Å². The highest BCUT2D eigenvalue weighted by molar-refractivity contribution is 7.15. The van der Waals surface area contributed by atoms with Gasteiger partial charge in [0.1, 0.15) is 0 Å². The number of nitrogens with two attached hydrogens (primary N) is 1. The average molecular weight is 359 g/mol. The minimum absolute atomic E-state index is 0.0432. The van der Waals surface area contributed by atoms with Crippen LogP contribution in [0.1, 0.15) is 51.1 Å². The molecule has 3 rings (SSSR count). The molecular formula is C18H21N3O3S. The van der Waals surface area contributed by atoms with Crippen molar-refractivity contribution >= 4 is 28.3 Å². The summed E-state index contributed by atoms with van der Waals surface area (Å²) in [6.07, 6.45) is 3.15. The second-order valence-electron chi connectivity index (χ2n) is 6.17. The van der Waals surface area contributed by atoms with Gasteiger partial charge in [0.05, 0.1) is 16.8 Å². The molecule has 3 N–H and O–H groups in total. The van der Waals surface area contributed by atoms with Crippen LogP contribution in [-0.2, 0) is 12.8 Å². The molecule has 132 valence electrons. The zero-order valence-electron chi connectivity index (χ0n) is 14.1. The third-order valence-corrected chi connectivity index (χ3v) is 5.43. The second-order valence-corrected chi connectivity index (χ2v) is 7.28. The third kappa shape index (κ3) is 3.51. The monoisotopic (exact) mass is 359 g/mol. The molecule has 0 radical (unpaired) electrons. The smallest absolute Gasteiger partial charge is 0.336 e. The Bertz CT molecular complexity index is 803. The number of aromatic carboxylic acids is 1. The van der Waals surface area contributed by atoms with Crippen molar-refractivity contribution in [1.82, 2.24) is 9.88 Å². The predicted octanol–water partition coefficient (Wildman–Crippen LogP) is 2.83. The fraction of sp³-hybridized carbons (Fsp3) is 0.389.